The van der Waals surface area contributed by atoms with Crippen molar-refractivity contribution in [2.45, 2.75) is 219 Å². The molecule has 396 valence electrons. The second kappa shape index (κ2) is 23.5. The number of alkyl carbamates (subject to hydrolysis) is 1. The van der Waals surface area contributed by atoms with Crippen molar-refractivity contribution >= 4 is 29.7 Å². The standard InChI is InChI=1S/C50H85N3O16/c1-20-36-50(16,58)43-29(5)38(52-69-34(10)55)27(3)22-49(15,61-25-26(2)24-60-43)42(67-45-40(64-33(9)54)35(53(17)18)21-28(4)62-45)30(6)39(31(7)44(56)65-36)66-37-23-48(14,59-19)41(32(8)63-37)51-46(57)68-47(11,12)13/h27-32,35-37,39-43,45,58H,2,20-25H2,1,3-19H3,(H,51,57)/t27-,28-,29+,30+,31-,32+,35+,36-,37+,39+,40-,41-,42-,43-,45+,48-,49-,50-/m1/s1. The molecule has 4 heterocycles. The molecular formula is C50H85N3O16. The van der Waals surface area contributed by atoms with Crippen molar-refractivity contribution < 1.29 is 76.5 Å². The van der Waals surface area contributed by atoms with Gasteiger partial charge in [-0.05, 0) is 101 Å². The monoisotopic (exact) mass is 984 g/mol. The quantitative estimate of drug-likeness (QED) is 0.0862. The molecule has 4 aliphatic heterocycles. The number of fused-ring (bicyclic) bond motifs is 5. The van der Waals surface area contributed by atoms with Gasteiger partial charge in [-0.3, -0.25) is 9.59 Å². The van der Waals surface area contributed by atoms with Crippen molar-refractivity contribution in [3.8, 4) is 0 Å². The van der Waals surface area contributed by atoms with Crippen molar-refractivity contribution in [2.75, 3.05) is 34.4 Å². The first-order valence-electron chi connectivity index (χ1n) is 24.5. The average Bonchev–Trinajstić information content (AvgIpc) is 3.24. The zero-order chi connectivity index (χ0) is 52.1. The van der Waals surface area contributed by atoms with Gasteiger partial charge in [0.05, 0.1) is 78.6 Å². The number of carbonyl (C=O) groups is 4. The summed E-state index contributed by atoms with van der Waals surface area (Å²) in [5.74, 6) is -5.03. The smallest absolute Gasteiger partial charge is 0.408 e. The fourth-order valence-corrected chi connectivity index (χ4v) is 10.7. The van der Waals surface area contributed by atoms with Crippen molar-refractivity contribution in [1.29, 1.82) is 0 Å². The third kappa shape index (κ3) is 14.5. The topological polar surface area (TPSA) is 218 Å². The van der Waals surface area contributed by atoms with E-state index in [-0.39, 0.29) is 44.6 Å². The van der Waals surface area contributed by atoms with Gasteiger partial charge in [0.2, 0.25) is 0 Å². The lowest BCUT2D eigenvalue weighted by Crippen LogP contribution is -2.64. The summed E-state index contributed by atoms with van der Waals surface area (Å²) in [5, 5.41) is 20.0. The summed E-state index contributed by atoms with van der Waals surface area (Å²) < 4.78 is 65.2. The van der Waals surface area contributed by atoms with E-state index in [1.165, 1.54) is 21.0 Å². The van der Waals surface area contributed by atoms with Gasteiger partial charge in [-0.25, -0.2) is 9.59 Å². The molecule has 4 saturated heterocycles. The van der Waals surface area contributed by atoms with E-state index < -0.39 is 125 Å². The molecule has 0 aromatic carbocycles. The Morgan fingerprint density at radius 2 is 1.59 bits per heavy atom. The van der Waals surface area contributed by atoms with E-state index >= 15 is 0 Å². The predicted molar refractivity (Wildman–Crippen MR) is 254 cm³/mol. The number of nitrogens with one attached hydrogen (secondary N) is 1. The van der Waals surface area contributed by atoms with Crippen LogP contribution in [0.25, 0.3) is 0 Å². The van der Waals surface area contributed by atoms with E-state index in [9.17, 15) is 24.3 Å². The molecule has 2 bridgehead atoms. The Morgan fingerprint density at radius 1 is 0.942 bits per heavy atom. The number of nitrogens with zero attached hydrogens (tertiary/aromatic N) is 2. The van der Waals surface area contributed by atoms with Crippen LogP contribution in [0.5, 0.6) is 0 Å². The molecule has 19 nitrogen and oxygen atoms in total. The predicted octanol–water partition coefficient (Wildman–Crippen LogP) is 5.86. The van der Waals surface area contributed by atoms with Crippen LogP contribution in [-0.2, 0) is 66.6 Å². The van der Waals surface area contributed by atoms with Crippen LogP contribution < -0.4 is 5.32 Å². The SMILES string of the molecule is C=C1CO[C@@H]2[C@@H](C)C(=NOC(C)=O)[C@H](C)C[C@@](C)(OC1)[C@H](O[C@@H]1O[C@H](C)C[C@H](N(C)C)[C@H]1OC(C)=O)[C@@H](C)[C@H](O[C@H]1C[C@@](C)(OC)[C@H](NC(=O)OC(C)(C)C)[C@H](C)O1)[C@@H](C)C(=O)O[C@H](CC)[C@@]2(C)O. The number of cyclic esters (lactones) is 1. The summed E-state index contributed by atoms with van der Waals surface area (Å²) in [4.78, 5) is 60.6. The Kier molecular flexibility index (Phi) is 19.9. The average molecular weight is 984 g/mol. The Hall–Kier alpha value is -3.27. The van der Waals surface area contributed by atoms with E-state index in [1.807, 2.05) is 60.5 Å². The third-order valence-corrected chi connectivity index (χ3v) is 14.2. The molecule has 0 aromatic heterocycles. The number of carbonyl (C=O) groups excluding carboxylic acids is 4. The molecule has 2 N–H and O–H groups in total. The molecular weight excluding hydrogens is 899 g/mol. The van der Waals surface area contributed by atoms with E-state index in [2.05, 4.69) is 17.1 Å². The highest BCUT2D eigenvalue weighted by molar-refractivity contribution is 5.89. The van der Waals surface area contributed by atoms with Crippen molar-refractivity contribution in [3.63, 3.8) is 0 Å². The minimum absolute atomic E-state index is 0.0275. The molecule has 0 radical (unpaired) electrons. The number of methoxy groups -OCH3 is 1. The van der Waals surface area contributed by atoms with Crippen molar-refractivity contribution in [1.82, 2.24) is 10.2 Å². The molecule has 1 amide bonds. The van der Waals surface area contributed by atoms with Crippen LogP contribution in [0.1, 0.15) is 130 Å². The first-order chi connectivity index (χ1) is 31.9. The summed E-state index contributed by atoms with van der Waals surface area (Å²) in [6, 6.07) is -1.00. The first kappa shape index (κ1) is 58.3. The maximum atomic E-state index is 14.9. The Balaban J connectivity index is 2.00. The van der Waals surface area contributed by atoms with E-state index in [0.717, 1.165) is 0 Å². The fourth-order valence-electron chi connectivity index (χ4n) is 10.7. The third-order valence-electron chi connectivity index (χ3n) is 14.2. The van der Waals surface area contributed by atoms with Crippen LogP contribution in [0.3, 0.4) is 0 Å². The summed E-state index contributed by atoms with van der Waals surface area (Å²) in [6.45, 7) is 30.2. The molecule has 19 heteroatoms. The fraction of sp³-hybridized carbons (Fsp3) is 0.860. The van der Waals surface area contributed by atoms with Gasteiger partial charge < -0.3 is 67.5 Å². The summed E-state index contributed by atoms with van der Waals surface area (Å²) in [7, 11) is 5.33. The number of esters is 2. The lowest BCUT2D eigenvalue weighted by molar-refractivity contribution is -0.315. The summed E-state index contributed by atoms with van der Waals surface area (Å²) >= 11 is 0. The lowest BCUT2D eigenvalue weighted by Gasteiger charge is -2.51. The molecule has 4 fully saturated rings. The number of hydrogen-bond acceptors (Lipinski definition) is 18. The van der Waals surface area contributed by atoms with Gasteiger partial charge in [0, 0.05) is 45.1 Å². The second-order valence-electron chi connectivity index (χ2n) is 21.7. The number of oxime groups is 1. The Morgan fingerprint density at radius 3 is 2.16 bits per heavy atom. The van der Waals surface area contributed by atoms with Crippen LogP contribution in [0.15, 0.2) is 17.3 Å². The maximum Gasteiger partial charge on any atom is 0.408 e. The summed E-state index contributed by atoms with van der Waals surface area (Å²) in [6.07, 6.45) is -8.14. The van der Waals surface area contributed by atoms with Gasteiger partial charge in [-0.15, -0.1) is 0 Å². The number of hydrogen-bond donors (Lipinski definition) is 2. The van der Waals surface area contributed by atoms with Gasteiger partial charge in [0.25, 0.3) is 0 Å². The van der Waals surface area contributed by atoms with Crippen LogP contribution in [-0.4, -0.2) is 164 Å². The molecule has 0 aliphatic carbocycles. The van der Waals surface area contributed by atoms with Gasteiger partial charge in [-0.1, -0.05) is 39.4 Å². The van der Waals surface area contributed by atoms with Gasteiger partial charge in [0.1, 0.15) is 17.3 Å². The highest BCUT2D eigenvalue weighted by atomic mass is 16.7. The van der Waals surface area contributed by atoms with Gasteiger partial charge >= 0.3 is 24.0 Å². The number of aliphatic hydroxyl groups is 1. The molecule has 4 aliphatic rings. The molecule has 0 unspecified atom stereocenters. The maximum absolute atomic E-state index is 14.9. The molecule has 69 heavy (non-hydrogen) atoms. The van der Waals surface area contributed by atoms with Crippen LogP contribution in [0.2, 0.25) is 0 Å². The molecule has 18 atom stereocenters. The van der Waals surface area contributed by atoms with Crippen molar-refractivity contribution in [2.24, 2.45) is 28.8 Å². The Bertz CT molecular complexity index is 1820. The molecule has 4 rings (SSSR count). The van der Waals surface area contributed by atoms with Crippen LogP contribution >= 0.6 is 0 Å². The number of amides is 1. The highest BCUT2D eigenvalue weighted by Gasteiger charge is 2.56. The first-order valence-corrected chi connectivity index (χ1v) is 24.5. The molecule has 0 saturated carbocycles. The number of ether oxygens (including phenoxy) is 10. The summed E-state index contributed by atoms with van der Waals surface area (Å²) in [5.41, 5.74) is -4.12. The zero-order valence-corrected chi connectivity index (χ0v) is 44.6. The van der Waals surface area contributed by atoms with Gasteiger partial charge in [0.15, 0.2) is 18.7 Å². The number of rotatable bonds is 10. The minimum Gasteiger partial charge on any atom is -0.459 e. The van der Waals surface area contributed by atoms with Crippen LogP contribution in [0, 0.1) is 23.7 Å². The lowest BCUT2D eigenvalue weighted by atomic mass is 9.73. The van der Waals surface area contributed by atoms with Crippen LogP contribution in [0.4, 0.5) is 4.79 Å². The highest BCUT2D eigenvalue weighted by Crippen LogP contribution is 2.43. The zero-order valence-electron chi connectivity index (χ0n) is 44.6. The molecule has 0 aromatic rings. The second-order valence-corrected chi connectivity index (χ2v) is 21.7. The van der Waals surface area contributed by atoms with E-state index in [4.69, 9.17) is 52.2 Å². The number of likely N-dealkylation sites (N-methyl/N-ethyl adjacent to an activating group) is 1. The molecule has 0 spiro atoms. The van der Waals surface area contributed by atoms with E-state index in [1.54, 1.807) is 48.5 Å². The Labute approximate surface area is 410 Å². The largest absolute Gasteiger partial charge is 0.459 e. The normalized spacial score (nSPS) is 41.5. The van der Waals surface area contributed by atoms with Crippen molar-refractivity contribution in [3.05, 3.63) is 12.2 Å². The van der Waals surface area contributed by atoms with Gasteiger partial charge in [-0.2, -0.15) is 0 Å². The minimum atomic E-state index is -1.83. The van der Waals surface area contributed by atoms with E-state index in [0.29, 0.717) is 17.7 Å².